The molecule has 0 amide bonds. The van der Waals surface area contributed by atoms with Gasteiger partial charge in [0.15, 0.2) is 0 Å². The minimum Gasteiger partial charge on any atom is -0.494 e. The summed E-state index contributed by atoms with van der Waals surface area (Å²) in [5.41, 5.74) is 1.49. The molecule has 1 aliphatic heterocycles. The second kappa shape index (κ2) is 7.25. The topological polar surface area (TPSA) is 61.8 Å². The summed E-state index contributed by atoms with van der Waals surface area (Å²) in [6, 6.07) is 0. The zero-order chi connectivity index (χ0) is 22.0. The van der Waals surface area contributed by atoms with E-state index >= 15 is 0 Å². The highest BCUT2D eigenvalue weighted by atomic mass is 16.5. The molecule has 0 N–H and O–H groups in total. The lowest BCUT2D eigenvalue weighted by Crippen LogP contribution is -2.63. The highest BCUT2D eigenvalue weighted by molar-refractivity contribution is 5.72. The summed E-state index contributed by atoms with van der Waals surface area (Å²) in [6.07, 6.45) is 12.6. The van der Waals surface area contributed by atoms with Gasteiger partial charge in [-0.2, -0.15) is 0 Å². The van der Waals surface area contributed by atoms with Gasteiger partial charge in [0, 0.05) is 18.3 Å². The Bertz CT molecular complexity index is 804. The molecule has 172 valence electrons. The first-order valence-corrected chi connectivity index (χ1v) is 12.3. The summed E-state index contributed by atoms with van der Waals surface area (Å²) in [5, 5.41) is 0. The second-order valence-corrected chi connectivity index (χ2v) is 11.5. The van der Waals surface area contributed by atoms with Crippen LogP contribution in [0.4, 0.5) is 0 Å². The Balaban J connectivity index is 1.41. The van der Waals surface area contributed by atoms with Crippen LogP contribution in [0.1, 0.15) is 85.0 Å². The summed E-state index contributed by atoms with van der Waals surface area (Å²) in [6.45, 7) is 6.49. The molecule has 8 atom stereocenters. The van der Waals surface area contributed by atoms with Crippen LogP contribution in [-0.4, -0.2) is 30.8 Å². The van der Waals surface area contributed by atoms with Gasteiger partial charge in [0.05, 0.1) is 19.8 Å². The molecule has 4 saturated carbocycles. The maximum Gasteiger partial charge on any atom is 0.309 e. The van der Waals surface area contributed by atoms with Crippen LogP contribution >= 0.6 is 0 Å². The fourth-order valence-corrected chi connectivity index (χ4v) is 9.04. The molecule has 8 unspecified atom stereocenters. The molecule has 5 heteroatoms. The lowest BCUT2D eigenvalue weighted by atomic mass is 9.43. The van der Waals surface area contributed by atoms with Crippen molar-refractivity contribution in [2.45, 2.75) is 96.7 Å². The number of esters is 2. The third-order valence-electron chi connectivity index (χ3n) is 10.5. The molecule has 0 aromatic rings. The van der Waals surface area contributed by atoms with E-state index in [1.807, 2.05) is 6.26 Å². The monoisotopic (exact) mass is 430 g/mol. The molecule has 4 aliphatic carbocycles. The van der Waals surface area contributed by atoms with Gasteiger partial charge in [-0.1, -0.05) is 13.8 Å². The van der Waals surface area contributed by atoms with Gasteiger partial charge in [0.1, 0.15) is 11.7 Å². The number of ether oxygens (including phenoxy) is 3. The van der Waals surface area contributed by atoms with E-state index < -0.39 is 0 Å². The lowest BCUT2D eigenvalue weighted by molar-refractivity contribution is -0.219. The van der Waals surface area contributed by atoms with Gasteiger partial charge in [0.25, 0.3) is 0 Å². The molecule has 0 spiro atoms. The van der Waals surface area contributed by atoms with Crippen molar-refractivity contribution in [2.75, 3.05) is 7.11 Å². The van der Waals surface area contributed by atoms with E-state index in [2.05, 4.69) is 13.8 Å². The van der Waals surface area contributed by atoms with Gasteiger partial charge < -0.3 is 14.2 Å². The first kappa shape index (κ1) is 21.3. The summed E-state index contributed by atoms with van der Waals surface area (Å²) in [5.74, 6) is 2.02. The number of fused-ring (bicyclic) bond motifs is 3. The van der Waals surface area contributed by atoms with E-state index in [1.54, 1.807) is 0 Å². The zero-order valence-electron chi connectivity index (χ0n) is 19.6. The van der Waals surface area contributed by atoms with Crippen LogP contribution < -0.4 is 0 Å². The van der Waals surface area contributed by atoms with E-state index in [0.29, 0.717) is 35.5 Å². The third-order valence-corrected chi connectivity index (χ3v) is 10.5. The molecule has 0 aromatic carbocycles. The van der Waals surface area contributed by atoms with Crippen LogP contribution in [0.25, 0.3) is 0 Å². The van der Waals surface area contributed by atoms with Crippen LogP contribution in [-0.2, 0) is 23.8 Å². The first-order valence-electron chi connectivity index (χ1n) is 12.3. The number of methoxy groups -OCH3 is 1. The van der Waals surface area contributed by atoms with Crippen molar-refractivity contribution in [1.29, 1.82) is 0 Å². The Morgan fingerprint density at radius 1 is 1.06 bits per heavy atom. The molecule has 0 radical (unpaired) electrons. The molecule has 5 aliphatic rings. The number of hydrogen-bond donors (Lipinski definition) is 0. The van der Waals surface area contributed by atoms with E-state index in [1.165, 1.54) is 39.7 Å². The molecule has 4 fully saturated rings. The van der Waals surface area contributed by atoms with Crippen LogP contribution in [0.15, 0.2) is 11.8 Å². The number of hydrogen-bond acceptors (Lipinski definition) is 5. The molecule has 5 nitrogen and oxygen atoms in total. The Morgan fingerprint density at radius 2 is 1.87 bits per heavy atom. The largest absolute Gasteiger partial charge is 0.494 e. The quantitative estimate of drug-likeness (QED) is 0.578. The summed E-state index contributed by atoms with van der Waals surface area (Å²) < 4.78 is 17.3. The fourth-order valence-electron chi connectivity index (χ4n) is 9.04. The highest BCUT2D eigenvalue weighted by Crippen LogP contribution is 2.72. The number of rotatable bonds is 3. The summed E-state index contributed by atoms with van der Waals surface area (Å²) in [7, 11) is 1.47. The normalized spacial score (nSPS) is 47.7. The highest BCUT2D eigenvalue weighted by Gasteiger charge is 2.70. The van der Waals surface area contributed by atoms with Gasteiger partial charge in [-0.3, -0.25) is 9.59 Å². The van der Waals surface area contributed by atoms with E-state index in [-0.39, 0.29) is 29.1 Å². The van der Waals surface area contributed by atoms with Crippen molar-refractivity contribution in [3.63, 3.8) is 0 Å². The molecule has 5 rings (SSSR count). The maximum atomic E-state index is 12.0. The van der Waals surface area contributed by atoms with Crippen LogP contribution in [0.5, 0.6) is 0 Å². The van der Waals surface area contributed by atoms with Crippen LogP contribution in [0.2, 0.25) is 0 Å². The second-order valence-electron chi connectivity index (χ2n) is 11.5. The summed E-state index contributed by atoms with van der Waals surface area (Å²) >= 11 is 0. The van der Waals surface area contributed by atoms with Crippen LogP contribution in [0, 0.1) is 34.5 Å². The van der Waals surface area contributed by atoms with Gasteiger partial charge >= 0.3 is 11.9 Å². The Labute approximate surface area is 186 Å². The minimum atomic E-state index is -0.163. The van der Waals surface area contributed by atoms with Gasteiger partial charge in [0.2, 0.25) is 0 Å². The van der Waals surface area contributed by atoms with E-state index in [4.69, 9.17) is 14.2 Å². The van der Waals surface area contributed by atoms with Crippen molar-refractivity contribution in [2.24, 2.45) is 34.5 Å². The Kier molecular flexibility index (Phi) is 4.99. The molecule has 0 saturated heterocycles. The average Bonchev–Trinajstić information content (AvgIpc) is 2.90. The molecular formula is C26H38O5. The van der Waals surface area contributed by atoms with Gasteiger partial charge in [-0.25, -0.2) is 0 Å². The van der Waals surface area contributed by atoms with Gasteiger partial charge in [-0.05, 0) is 86.5 Å². The van der Waals surface area contributed by atoms with Crippen molar-refractivity contribution in [1.82, 2.24) is 0 Å². The Morgan fingerprint density at radius 3 is 2.61 bits per heavy atom. The van der Waals surface area contributed by atoms with Crippen LogP contribution in [0.3, 0.4) is 0 Å². The molecule has 0 aromatic heterocycles. The minimum absolute atomic E-state index is 0.0824. The van der Waals surface area contributed by atoms with Gasteiger partial charge in [-0.15, -0.1) is 0 Å². The maximum absolute atomic E-state index is 12.0. The van der Waals surface area contributed by atoms with Crippen molar-refractivity contribution in [3.05, 3.63) is 11.8 Å². The number of carbonyl (C=O) groups excluding carboxylic acids is 2. The van der Waals surface area contributed by atoms with Crippen molar-refractivity contribution < 1.29 is 23.8 Å². The average molecular weight is 431 g/mol. The fraction of sp³-hybridized carbons (Fsp3) is 0.846. The molecule has 2 bridgehead atoms. The molecule has 1 heterocycles. The van der Waals surface area contributed by atoms with Crippen molar-refractivity contribution in [3.8, 4) is 0 Å². The molecule has 31 heavy (non-hydrogen) atoms. The predicted octanol–water partition coefficient (Wildman–Crippen LogP) is 5.18. The molecular weight excluding hydrogens is 392 g/mol. The smallest absolute Gasteiger partial charge is 0.309 e. The van der Waals surface area contributed by atoms with Crippen molar-refractivity contribution >= 4 is 11.9 Å². The lowest BCUT2D eigenvalue weighted by Gasteiger charge is -2.65. The predicted molar refractivity (Wildman–Crippen MR) is 116 cm³/mol. The zero-order valence-corrected chi connectivity index (χ0v) is 19.6. The third kappa shape index (κ3) is 2.94. The SMILES string of the molecule is COC(=O)CC1=COC23CCC1C2(C)CCC1C3CCC2CC(OC(C)=O)CCC21C. The van der Waals surface area contributed by atoms with E-state index in [9.17, 15) is 9.59 Å². The standard InChI is InChI=1S/C26H38O5/c1-16(27)31-19-7-10-24(2)18(14-19)5-6-22-21(24)8-11-25(3)20-9-12-26(22,25)30-15-17(20)13-23(28)29-4/h15,18-22H,5-14H2,1-4H3. The first-order chi connectivity index (χ1) is 14.7. The summed E-state index contributed by atoms with van der Waals surface area (Å²) in [4.78, 5) is 23.5. The number of carbonyl (C=O) groups is 2. The van der Waals surface area contributed by atoms with E-state index in [0.717, 1.165) is 37.7 Å². The Hall–Kier alpha value is -1.52.